The molecule has 17 heavy (non-hydrogen) atoms. The Labute approximate surface area is 97.9 Å². The van der Waals surface area contributed by atoms with Gasteiger partial charge >= 0.3 is 0 Å². The van der Waals surface area contributed by atoms with Crippen LogP contribution in [0.5, 0.6) is 0 Å². The summed E-state index contributed by atoms with van der Waals surface area (Å²) >= 11 is 0. The van der Waals surface area contributed by atoms with E-state index in [0.29, 0.717) is 5.56 Å². The number of rotatable bonds is 4. The highest BCUT2D eigenvalue weighted by atomic mass is 32.2. The summed E-state index contributed by atoms with van der Waals surface area (Å²) < 4.78 is 24.7. The number of anilines is 1. The van der Waals surface area contributed by atoms with Crippen molar-refractivity contribution in [1.29, 1.82) is 5.26 Å². The maximum Gasteiger partial charge on any atom is 0.293 e. The van der Waals surface area contributed by atoms with E-state index in [1.807, 2.05) is 4.72 Å². The second-order valence-corrected chi connectivity index (χ2v) is 5.02. The van der Waals surface area contributed by atoms with Gasteiger partial charge in [-0.05, 0) is 18.6 Å². The van der Waals surface area contributed by atoms with Crippen LogP contribution in [0.4, 0.5) is 11.4 Å². The largest absolute Gasteiger partial charge is 0.293 e. The van der Waals surface area contributed by atoms with Gasteiger partial charge in [0.25, 0.3) is 5.69 Å². The highest BCUT2D eigenvalue weighted by molar-refractivity contribution is 7.92. The van der Waals surface area contributed by atoms with Crippen LogP contribution in [0.15, 0.2) is 18.2 Å². The number of nitrogens with one attached hydrogen (secondary N) is 1. The smallest absolute Gasteiger partial charge is 0.276 e. The monoisotopic (exact) mass is 255 g/mol. The molecule has 1 N–H and O–H groups in total. The van der Waals surface area contributed by atoms with E-state index in [4.69, 9.17) is 5.26 Å². The van der Waals surface area contributed by atoms with Crippen molar-refractivity contribution < 1.29 is 13.3 Å². The number of nitriles is 1. The van der Waals surface area contributed by atoms with Crippen molar-refractivity contribution in [3.63, 3.8) is 0 Å². The molecule has 0 bridgehead atoms. The summed E-state index contributed by atoms with van der Waals surface area (Å²) in [5, 5.41) is 19.0. The van der Waals surface area contributed by atoms with Crippen molar-refractivity contribution >= 4 is 21.4 Å². The van der Waals surface area contributed by atoms with Crippen molar-refractivity contribution in [2.24, 2.45) is 0 Å². The zero-order chi connectivity index (χ0) is 13.1. The predicted molar refractivity (Wildman–Crippen MR) is 60.9 cm³/mol. The lowest BCUT2D eigenvalue weighted by atomic mass is 10.2. The molecule has 0 heterocycles. The van der Waals surface area contributed by atoms with E-state index >= 15 is 0 Å². The molecule has 0 saturated heterocycles. The first kappa shape index (κ1) is 12.9. The molecule has 0 atom stereocenters. The Hall–Kier alpha value is -2.14. The first-order valence-electron chi connectivity index (χ1n) is 4.48. The SMILES string of the molecule is Cc1ccc([N+](=O)[O-])c(NS(=O)(=O)CC#N)c1. The summed E-state index contributed by atoms with van der Waals surface area (Å²) in [4.78, 5) is 9.99. The van der Waals surface area contributed by atoms with Crippen molar-refractivity contribution in [3.8, 4) is 6.07 Å². The van der Waals surface area contributed by atoms with Crippen molar-refractivity contribution in [1.82, 2.24) is 0 Å². The molecule has 0 fully saturated rings. The van der Waals surface area contributed by atoms with E-state index in [9.17, 15) is 18.5 Å². The van der Waals surface area contributed by atoms with Crippen LogP contribution < -0.4 is 4.72 Å². The Morgan fingerprint density at radius 2 is 2.18 bits per heavy atom. The van der Waals surface area contributed by atoms with Crippen LogP contribution in [0.1, 0.15) is 5.56 Å². The lowest BCUT2D eigenvalue weighted by Crippen LogP contribution is -2.16. The molecule has 0 amide bonds. The molecular weight excluding hydrogens is 246 g/mol. The summed E-state index contributed by atoms with van der Waals surface area (Å²) in [5.41, 5.74) is 0.188. The molecule has 0 aromatic heterocycles. The van der Waals surface area contributed by atoms with Crippen LogP contribution in [0.25, 0.3) is 0 Å². The van der Waals surface area contributed by atoms with Gasteiger partial charge < -0.3 is 0 Å². The van der Waals surface area contributed by atoms with Gasteiger partial charge in [-0.15, -0.1) is 0 Å². The molecule has 1 rings (SSSR count). The van der Waals surface area contributed by atoms with E-state index in [1.165, 1.54) is 24.3 Å². The highest BCUT2D eigenvalue weighted by Crippen LogP contribution is 2.26. The Morgan fingerprint density at radius 3 is 2.71 bits per heavy atom. The zero-order valence-corrected chi connectivity index (χ0v) is 9.69. The quantitative estimate of drug-likeness (QED) is 0.640. The average molecular weight is 255 g/mol. The first-order chi connectivity index (χ1) is 7.85. The van der Waals surface area contributed by atoms with Gasteiger partial charge in [0.1, 0.15) is 5.69 Å². The topological polar surface area (TPSA) is 113 Å². The molecule has 0 aliphatic carbocycles. The molecule has 90 valence electrons. The Bertz CT molecular complexity index is 589. The predicted octanol–water partition coefficient (Wildman–Crippen LogP) is 1.17. The van der Waals surface area contributed by atoms with E-state index < -0.39 is 20.7 Å². The number of nitrogens with zero attached hydrogens (tertiary/aromatic N) is 2. The number of nitro benzene ring substituents is 1. The fourth-order valence-corrected chi connectivity index (χ4v) is 1.92. The average Bonchev–Trinajstić information content (AvgIpc) is 2.15. The summed E-state index contributed by atoms with van der Waals surface area (Å²) in [6.45, 7) is 1.67. The van der Waals surface area contributed by atoms with Gasteiger partial charge in [-0.1, -0.05) is 6.07 Å². The third-order valence-electron chi connectivity index (χ3n) is 1.87. The van der Waals surface area contributed by atoms with Gasteiger partial charge in [0.05, 0.1) is 11.0 Å². The minimum absolute atomic E-state index is 0.134. The fourth-order valence-electron chi connectivity index (χ4n) is 1.18. The number of sulfonamides is 1. The van der Waals surface area contributed by atoms with Crippen molar-refractivity contribution in [2.75, 3.05) is 10.5 Å². The molecule has 0 spiro atoms. The maximum absolute atomic E-state index is 11.3. The van der Waals surface area contributed by atoms with Gasteiger partial charge in [0.15, 0.2) is 5.75 Å². The van der Waals surface area contributed by atoms with E-state index in [0.717, 1.165) is 0 Å². The van der Waals surface area contributed by atoms with Crippen molar-refractivity contribution in [2.45, 2.75) is 6.92 Å². The fraction of sp³-hybridized carbons (Fsp3) is 0.222. The molecule has 1 aromatic carbocycles. The number of aryl methyl sites for hydroxylation is 1. The van der Waals surface area contributed by atoms with Crippen LogP contribution in [0.3, 0.4) is 0 Å². The molecule has 0 aliphatic rings. The minimum atomic E-state index is -3.87. The molecule has 7 nitrogen and oxygen atoms in total. The van der Waals surface area contributed by atoms with Gasteiger partial charge in [-0.3, -0.25) is 14.8 Å². The van der Waals surface area contributed by atoms with Crippen molar-refractivity contribution in [3.05, 3.63) is 33.9 Å². The summed E-state index contributed by atoms with van der Waals surface area (Å²) in [6.07, 6.45) is 0. The number of nitro groups is 1. The second-order valence-electron chi connectivity index (χ2n) is 3.30. The lowest BCUT2D eigenvalue weighted by molar-refractivity contribution is -0.383. The molecular formula is C9H9N3O4S. The van der Waals surface area contributed by atoms with Gasteiger partial charge in [0, 0.05) is 6.07 Å². The third-order valence-corrected chi connectivity index (χ3v) is 2.91. The van der Waals surface area contributed by atoms with E-state index in [2.05, 4.69) is 0 Å². The summed E-state index contributed by atoms with van der Waals surface area (Å²) in [6, 6.07) is 5.52. The zero-order valence-electron chi connectivity index (χ0n) is 8.87. The van der Waals surface area contributed by atoms with Crippen LogP contribution in [-0.2, 0) is 10.0 Å². The van der Waals surface area contributed by atoms with Gasteiger partial charge in [0.2, 0.25) is 10.0 Å². The number of hydrogen-bond acceptors (Lipinski definition) is 5. The Balaban J connectivity index is 3.18. The Kier molecular flexibility index (Phi) is 3.65. The minimum Gasteiger partial charge on any atom is -0.276 e. The second kappa shape index (κ2) is 4.80. The molecule has 0 radical (unpaired) electrons. The van der Waals surface area contributed by atoms with Gasteiger partial charge in [-0.2, -0.15) is 5.26 Å². The normalized spacial score (nSPS) is 10.6. The van der Waals surface area contributed by atoms with Crippen LogP contribution in [0.2, 0.25) is 0 Å². The van der Waals surface area contributed by atoms with E-state index in [1.54, 1.807) is 6.92 Å². The summed E-state index contributed by atoms with van der Waals surface area (Å²) in [5.74, 6) is -0.752. The molecule has 0 aliphatic heterocycles. The van der Waals surface area contributed by atoms with Gasteiger partial charge in [-0.25, -0.2) is 8.42 Å². The molecule has 8 heteroatoms. The first-order valence-corrected chi connectivity index (χ1v) is 6.13. The van der Waals surface area contributed by atoms with Crippen LogP contribution >= 0.6 is 0 Å². The number of hydrogen-bond donors (Lipinski definition) is 1. The number of benzene rings is 1. The standard InChI is InChI=1S/C9H9N3O4S/c1-7-2-3-9(12(13)14)8(6-7)11-17(15,16)5-4-10/h2-3,6,11H,5H2,1H3. The van der Waals surface area contributed by atoms with Crippen LogP contribution in [0, 0.1) is 28.4 Å². The highest BCUT2D eigenvalue weighted by Gasteiger charge is 2.18. The van der Waals surface area contributed by atoms with E-state index in [-0.39, 0.29) is 11.4 Å². The van der Waals surface area contributed by atoms with Crippen LogP contribution in [-0.4, -0.2) is 19.1 Å². The maximum atomic E-state index is 11.3. The third kappa shape index (κ3) is 3.42. The molecule has 0 unspecified atom stereocenters. The lowest BCUT2D eigenvalue weighted by Gasteiger charge is -2.06. The summed E-state index contributed by atoms with van der Waals surface area (Å²) in [7, 11) is -3.87. The molecule has 0 saturated carbocycles. The Morgan fingerprint density at radius 1 is 1.53 bits per heavy atom. The molecule has 1 aromatic rings.